The normalized spacial score (nSPS) is 11.6. The van der Waals surface area contributed by atoms with Gasteiger partial charge in [-0.3, -0.25) is 0 Å². The van der Waals surface area contributed by atoms with Gasteiger partial charge in [0.2, 0.25) is 0 Å². The van der Waals surface area contributed by atoms with Gasteiger partial charge < -0.3 is 4.42 Å². The monoisotopic (exact) mass is 558 g/mol. The zero-order chi connectivity index (χ0) is 13.0. The molecule has 6 heteroatoms. The molecule has 3 rings (SSSR count). The first-order valence-corrected chi connectivity index (χ1v) is 8.81. The Bertz CT molecular complexity index is 790. The number of fused-ring (bicyclic) bond motifs is 3. The van der Waals surface area contributed by atoms with Gasteiger partial charge in [0.25, 0.3) is 0 Å². The van der Waals surface area contributed by atoms with Crippen molar-refractivity contribution < 1.29 is 4.42 Å². The highest BCUT2D eigenvalue weighted by Crippen LogP contribution is 2.45. The van der Waals surface area contributed by atoms with Crippen LogP contribution in [0.1, 0.15) is 0 Å². The lowest BCUT2D eigenvalue weighted by molar-refractivity contribution is 0.664. The summed E-state index contributed by atoms with van der Waals surface area (Å²) in [4.78, 5) is 0. The molecule has 0 bridgehead atoms. The lowest BCUT2D eigenvalue weighted by atomic mass is 10.1. The summed E-state index contributed by atoms with van der Waals surface area (Å²) in [5, 5.41) is 2.12. The fourth-order valence-corrected chi connectivity index (χ4v) is 4.28. The molecule has 0 saturated carbocycles. The lowest BCUT2D eigenvalue weighted by Gasteiger charge is -2.00. The van der Waals surface area contributed by atoms with Crippen molar-refractivity contribution in [3.8, 4) is 0 Å². The van der Waals surface area contributed by atoms with E-state index in [1.807, 2.05) is 18.2 Å². The van der Waals surface area contributed by atoms with Crippen LogP contribution in [0.4, 0.5) is 0 Å². The van der Waals surface area contributed by atoms with Gasteiger partial charge >= 0.3 is 0 Å². The van der Waals surface area contributed by atoms with Crippen molar-refractivity contribution >= 4 is 102 Å². The van der Waals surface area contributed by atoms with Crippen LogP contribution in [0.3, 0.4) is 0 Å². The molecule has 0 aliphatic carbocycles. The summed E-state index contributed by atoms with van der Waals surface area (Å²) < 4.78 is 10.7. The molecule has 2 aromatic carbocycles. The molecule has 0 aliphatic rings. The molecule has 0 amide bonds. The minimum atomic E-state index is 0.827. The smallest absolute Gasteiger partial charge is 0.150 e. The van der Waals surface area contributed by atoms with Crippen LogP contribution in [0, 0.1) is 0 Å². The molecule has 1 heterocycles. The Kier molecular flexibility index (Phi) is 3.69. The van der Waals surface area contributed by atoms with Crippen molar-refractivity contribution in [2.45, 2.75) is 0 Å². The van der Waals surface area contributed by atoms with Crippen LogP contribution in [-0.2, 0) is 0 Å². The summed E-state index contributed by atoms with van der Waals surface area (Å²) in [5.41, 5.74) is 1.66. The van der Waals surface area contributed by atoms with Crippen molar-refractivity contribution in [2.24, 2.45) is 0 Å². The van der Waals surface area contributed by atoms with Crippen molar-refractivity contribution in [2.75, 3.05) is 0 Å². The maximum absolute atomic E-state index is 5.96. The Hall–Kier alpha value is 0.640. The van der Waals surface area contributed by atoms with Gasteiger partial charge in [0.05, 0.1) is 8.95 Å². The van der Waals surface area contributed by atoms with E-state index in [-0.39, 0.29) is 0 Å². The Morgan fingerprint density at radius 1 is 0.722 bits per heavy atom. The third kappa shape index (κ3) is 1.95. The molecule has 0 fully saturated rings. The molecule has 92 valence electrons. The number of halogens is 5. The van der Waals surface area contributed by atoms with E-state index >= 15 is 0 Å². The van der Waals surface area contributed by atoms with Gasteiger partial charge in [-0.25, -0.2) is 0 Å². The number of furan rings is 1. The predicted octanol–water partition coefficient (Wildman–Crippen LogP) is 7.40. The zero-order valence-corrected chi connectivity index (χ0v) is 16.5. The van der Waals surface area contributed by atoms with E-state index in [1.165, 1.54) is 0 Å². The molecule has 1 aromatic heterocycles. The van der Waals surface area contributed by atoms with E-state index in [1.54, 1.807) is 0 Å². The second-order valence-corrected chi connectivity index (χ2v) is 7.85. The van der Waals surface area contributed by atoms with E-state index in [0.29, 0.717) is 0 Å². The Morgan fingerprint density at radius 3 is 2.11 bits per heavy atom. The van der Waals surface area contributed by atoms with E-state index in [4.69, 9.17) is 4.42 Å². The number of rotatable bonds is 0. The second kappa shape index (κ2) is 4.88. The van der Waals surface area contributed by atoms with Crippen LogP contribution in [0.25, 0.3) is 21.9 Å². The van der Waals surface area contributed by atoms with Crippen LogP contribution >= 0.6 is 79.6 Å². The predicted molar refractivity (Wildman–Crippen MR) is 92.2 cm³/mol. The molecule has 0 N–H and O–H groups in total. The van der Waals surface area contributed by atoms with Crippen LogP contribution in [0.2, 0.25) is 0 Å². The highest BCUT2D eigenvalue weighted by atomic mass is 79.9. The second-order valence-electron chi connectivity index (χ2n) is 3.70. The van der Waals surface area contributed by atoms with E-state index in [9.17, 15) is 0 Å². The molecular formula is C12H3Br5O. The number of hydrogen-bond donors (Lipinski definition) is 0. The van der Waals surface area contributed by atoms with E-state index in [2.05, 4.69) is 79.6 Å². The largest absolute Gasteiger partial charge is 0.454 e. The maximum Gasteiger partial charge on any atom is 0.150 e. The van der Waals surface area contributed by atoms with Crippen molar-refractivity contribution in [3.05, 3.63) is 40.6 Å². The van der Waals surface area contributed by atoms with E-state index in [0.717, 1.165) is 44.3 Å². The molecule has 0 saturated heterocycles. The van der Waals surface area contributed by atoms with Crippen LogP contribution < -0.4 is 0 Å². The molecule has 0 aliphatic heterocycles. The first-order valence-electron chi connectivity index (χ1n) is 4.84. The topological polar surface area (TPSA) is 13.1 Å². The first-order chi connectivity index (χ1) is 8.50. The zero-order valence-electron chi connectivity index (χ0n) is 8.53. The average Bonchev–Trinajstić information content (AvgIpc) is 2.72. The van der Waals surface area contributed by atoms with Gasteiger partial charge in [-0.15, -0.1) is 0 Å². The van der Waals surface area contributed by atoms with Crippen molar-refractivity contribution in [3.63, 3.8) is 0 Å². The van der Waals surface area contributed by atoms with Crippen molar-refractivity contribution in [1.82, 2.24) is 0 Å². The minimum absolute atomic E-state index is 0.827. The number of benzene rings is 2. The Morgan fingerprint density at radius 2 is 1.39 bits per heavy atom. The summed E-state index contributed by atoms with van der Waals surface area (Å²) >= 11 is 17.7. The first kappa shape index (κ1) is 13.6. The maximum atomic E-state index is 5.96. The molecule has 18 heavy (non-hydrogen) atoms. The Balaban J connectivity index is 2.65. The lowest BCUT2D eigenvalue weighted by Crippen LogP contribution is -1.75. The van der Waals surface area contributed by atoms with Gasteiger partial charge in [0.1, 0.15) is 0 Å². The summed E-state index contributed by atoms with van der Waals surface area (Å²) in [5.74, 6) is 0. The van der Waals surface area contributed by atoms with Gasteiger partial charge in [-0.2, -0.15) is 0 Å². The SMILES string of the molecule is Brc1cc2c(oc3c(Br)ccc(Br)c32)c(Br)c1Br. The third-order valence-electron chi connectivity index (χ3n) is 2.65. The third-order valence-corrected chi connectivity index (χ3v) is 7.20. The summed E-state index contributed by atoms with van der Waals surface area (Å²) in [6.45, 7) is 0. The molecule has 1 nitrogen and oxygen atoms in total. The molecule has 3 aromatic rings. The quantitative estimate of drug-likeness (QED) is 0.260. The molecular weight excluding hydrogens is 560 g/mol. The highest BCUT2D eigenvalue weighted by Gasteiger charge is 2.18. The summed E-state index contributed by atoms with van der Waals surface area (Å²) in [7, 11) is 0. The average molecular weight is 563 g/mol. The van der Waals surface area contributed by atoms with Crippen molar-refractivity contribution in [1.29, 1.82) is 0 Å². The number of hydrogen-bond acceptors (Lipinski definition) is 1. The van der Waals surface area contributed by atoms with Gasteiger partial charge in [-0.05, 0) is 81.9 Å². The summed E-state index contributed by atoms with van der Waals surface area (Å²) in [6.07, 6.45) is 0. The van der Waals surface area contributed by atoms with E-state index < -0.39 is 0 Å². The Labute approximate surface area is 145 Å². The summed E-state index contributed by atoms with van der Waals surface area (Å²) in [6, 6.07) is 6.02. The van der Waals surface area contributed by atoms with Gasteiger partial charge in [0.15, 0.2) is 11.2 Å². The fourth-order valence-electron chi connectivity index (χ4n) is 1.85. The van der Waals surface area contributed by atoms with Crippen LogP contribution in [0.15, 0.2) is 45.0 Å². The molecule has 0 atom stereocenters. The molecule has 0 spiro atoms. The van der Waals surface area contributed by atoms with Crippen LogP contribution in [-0.4, -0.2) is 0 Å². The molecule has 0 radical (unpaired) electrons. The van der Waals surface area contributed by atoms with Crippen LogP contribution in [0.5, 0.6) is 0 Å². The minimum Gasteiger partial charge on any atom is -0.454 e. The highest BCUT2D eigenvalue weighted by molar-refractivity contribution is 9.14. The standard InChI is InChI=1S/C12H3Br5O/c13-5-1-2-6(14)12-8(5)4-3-7(15)9(16)10(17)11(4)18-12/h1-3H. The van der Waals surface area contributed by atoms with Gasteiger partial charge in [-0.1, -0.05) is 15.9 Å². The molecule has 0 unspecified atom stereocenters. The fraction of sp³-hybridized carbons (Fsp3) is 0. The van der Waals surface area contributed by atoms with Gasteiger partial charge in [0, 0.05) is 24.2 Å².